The molecular weight excluding hydrogens is 494 g/mol. The first-order valence-corrected chi connectivity index (χ1v) is 12.2. The van der Waals surface area contributed by atoms with Gasteiger partial charge in [0.25, 0.3) is 5.91 Å². The lowest BCUT2D eigenvalue weighted by Gasteiger charge is -2.21. The Bertz CT molecular complexity index is 1310. The zero-order valence-electron chi connectivity index (χ0n) is 17.2. The monoisotopic (exact) mass is 513 g/mol. The number of carbonyl (C=O) groups is 1. The van der Waals surface area contributed by atoms with Gasteiger partial charge in [-0.1, -0.05) is 35.0 Å². The SMILES string of the molecule is CCc1ccc(N(Cc2ccco2)C(=O)c2ccc(S(=O)(=O)c3ccc(Br)cc3)o2)cc1. The largest absolute Gasteiger partial charge is 0.467 e. The van der Waals surface area contributed by atoms with E-state index in [4.69, 9.17) is 8.83 Å². The van der Waals surface area contributed by atoms with E-state index in [1.165, 1.54) is 35.4 Å². The molecule has 2 heterocycles. The molecule has 0 atom stereocenters. The van der Waals surface area contributed by atoms with Crippen molar-refractivity contribution in [2.24, 2.45) is 0 Å². The van der Waals surface area contributed by atoms with Crippen LogP contribution in [-0.4, -0.2) is 14.3 Å². The van der Waals surface area contributed by atoms with Gasteiger partial charge in [-0.05, 0) is 72.6 Å². The Kier molecular flexibility index (Phi) is 6.34. The van der Waals surface area contributed by atoms with E-state index < -0.39 is 15.7 Å². The number of carbonyl (C=O) groups excluding carboxylic acids is 1. The fraction of sp³-hybridized carbons (Fsp3) is 0.125. The summed E-state index contributed by atoms with van der Waals surface area (Å²) < 4.78 is 37.5. The van der Waals surface area contributed by atoms with Gasteiger partial charge in [-0.25, -0.2) is 8.42 Å². The molecule has 1 amide bonds. The molecule has 0 fully saturated rings. The molecule has 6 nitrogen and oxygen atoms in total. The summed E-state index contributed by atoms with van der Waals surface area (Å²) in [6, 6.07) is 20.0. The summed E-state index contributed by atoms with van der Waals surface area (Å²) in [5, 5.41) is -0.289. The standard InChI is InChI=1S/C24H20BrNO5S/c1-2-17-5-9-19(10-6-17)26(16-20-4-3-15-30-20)24(27)22-13-14-23(31-22)32(28,29)21-11-7-18(25)8-12-21/h3-15H,2,16H2,1H3. The zero-order valence-corrected chi connectivity index (χ0v) is 19.6. The lowest BCUT2D eigenvalue weighted by atomic mass is 10.1. The third kappa shape index (κ3) is 4.56. The summed E-state index contributed by atoms with van der Waals surface area (Å²) in [5.74, 6) is 0.0434. The molecular formula is C24H20BrNO5S. The Hall–Kier alpha value is -3.10. The predicted molar refractivity (Wildman–Crippen MR) is 123 cm³/mol. The highest BCUT2D eigenvalue weighted by Crippen LogP contribution is 2.27. The number of benzene rings is 2. The number of furan rings is 2. The van der Waals surface area contributed by atoms with Crippen LogP contribution in [0.2, 0.25) is 0 Å². The molecule has 0 spiro atoms. The molecule has 0 aliphatic rings. The van der Waals surface area contributed by atoms with Crippen molar-refractivity contribution in [3.05, 3.63) is 101 Å². The topological polar surface area (TPSA) is 80.7 Å². The number of aryl methyl sites for hydroxylation is 1. The number of hydrogen-bond acceptors (Lipinski definition) is 5. The Morgan fingerprint density at radius 1 is 0.969 bits per heavy atom. The molecule has 4 rings (SSSR count). The van der Waals surface area contributed by atoms with E-state index in [0.717, 1.165) is 16.5 Å². The van der Waals surface area contributed by atoms with Gasteiger partial charge < -0.3 is 8.83 Å². The van der Waals surface area contributed by atoms with Crippen molar-refractivity contribution in [2.75, 3.05) is 4.90 Å². The third-order valence-corrected chi connectivity index (χ3v) is 7.15. The van der Waals surface area contributed by atoms with Crippen LogP contribution < -0.4 is 4.90 Å². The molecule has 2 aromatic carbocycles. The summed E-state index contributed by atoms with van der Waals surface area (Å²) >= 11 is 3.29. The maximum absolute atomic E-state index is 13.3. The van der Waals surface area contributed by atoms with Crippen LogP contribution in [0.3, 0.4) is 0 Å². The van der Waals surface area contributed by atoms with Crippen LogP contribution in [0.1, 0.15) is 28.8 Å². The van der Waals surface area contributed by atoms with Crippen molar-refractivity contribution < 1.29 is 22.0 Å². The van der Waals surface area contributed by atoms with Crippen molar-refractivity contribution in [1.29, 1.82) is 0 Å². The highest BCUT2D eigenvalue weighted by atomic mass is 79.9. The lowest BCUT2D eigenvalue weighted by molar-refractivity contribution is 0.0951. The van der Waals surface area contributed by atoms with Gasteiger partial charge in [0.05, 0.1) is 17.7 Å². The highest BCUT2D eigenvalue weighted by Gasteiger charge is 2.27. The molecule has 4 aromatic rings. The minimum absolute atomic E-state index is 0.0770. The molecule has 0 N–H and O–H groups in total. The van der Waals surface area contributed by atoms with Crippen molar-refractivity contribution >= 4 is 37.4 Å². The second-order valence-electron chi connectivity index (χ2n) is 7.07. The summed E-state index contributed by atoms with van der Waals surface area (Å²) in [5.41, 5.74) is 1.79. The summed E-state index contributed by atoms with van der Waals surface area (Å²) in [6.45, 7) is 2.23. The normalized spacial score (nSPS) is 11.4. The van der Waals surface area contributed by atoms with E-state index in [1.807, 2.05) is 24.3 Å². The minimum atomic E-state index is -3.89. The summed E-state index contributed by atoms with van der Waals surface area (Å²) in [7, 11) is -3.89. The number of sulfone groups is 1. The molecule has 0 unspecified atom stereocenters. The Balaban J connectivity index is 1.66. The number of amides is 1. The van der Waals surface area contributed by atoms with E-state index >= 15 is 0 Å². The molecule has 0 aliphatic heterocycles. The number of rotatable bonds is 7. The number of anilines is 1. The van der Waals surface area contributed by atoms with Gasteiger partial charge in [-0.2, -0.15) is 0 Å². The van der Waals surface area contributed by atoms with Gasteiger partial charge in [0.1, 0.15) is 5.76 Å². The number of hydrogen-bond donors (Lipinski definition) is 0. The van der Waals surface area contributed by atoms with Gasteiger partial charge in [-0.3, -0.25) is 9.69 Å². The second kappa shape index (κ2) is 9.18. The maximum Gasteiger partial charge on any atom is 0.294 e. The van der Waals surface area contributed by atoms with Gasteiger partial charge in [0.15, 0.2) is 5.76 Å². The Morgan fingerprint density at radius 2 is 1.69 bits per heavy atom. The molecule has 32 heavy (non-hydrogen) atoms. The third-order valence-electron chi connectivity index (χ3n) is 4.98. The molecule has 0 aliphatic carbocycles. The minimum Gasteiger partial charge on any atom is -0.467 e. The van der Waals surface area contributed by atoms with E-state index in [1.54, 1.807) is 24.3 Å². The highest BCUT2D eigenvalue weighted by molar-refractivity contribution is 9.10. The van der Waals surface area contributed by atoms with Crippen molar-refractivity contribution in [3.8, 4) is 0 Å². The lowest BCUT2D eigenvalue weighted by Crippen LogP contribution is -2.30. The average Bonchev–Trinajstić information content (AvgIpc) is 3.50. The van der Waals surface area contributed by atoms with Crippen molar-refractivity contribution in [2.45, 2.75) is 29.9 Å². The molecule has 0 bridgehead atoms. The van der Waals surface area contributed by atoms with E-state index in [9.17, 15) is 13.2 Å². The molecule has 164 valence electrons. The molecule has 8 heteroatoms. The van der Waals surface area contributed by atoms with Crippen molar-refractivity contribution in [1.82, 2.24) is 0 Å². The van der Waals surface area contributed by atoms with Crippen molar-refractivity contribution in [3.63, 3.8) is 0 Å². The Morgan fingerprint density at radius 3 is 2.31 bits per heavy atom. The molecule has 2 aromatic heterocycles. The maximum atomic E-state index is 13.3. The first-order valence-electron chi connectivity index (χ1n) is 9.92. The van der Waals surface area contributed by atoms with Gasteiger partial charge >= 0.3 is 0 Å². The van der Waals surface area contributed by atoms with E-state index in [0.29, 0.717) is 11.4 Å². The van der Waals surface area contributed by atoms with Crippen LogP contribution >= 0.6 is 15.9 Å². The fourth-order valence-electron chi connectivity index (χ4n) is 3.19. The average molecular weight is 514 g/mol. The van der Waals surface area contributed by atoms with Gasteiger partial charge in [-0.15, -0.1) is 0 Å². The van der Waals surface area contributed by atoms with Crippen LogP contribution in [0.4, 0.5) is 5.69 Å². The summed E-state index contributed by atoms with van der Waals surface area (Å²) in [4.78, 5) is 14.9. The van der Waals surface area contributed by atoms with Crippen LogP contribution in [-0.2, 0) is 22.8 Å². The van der Waals surface area contributed by atoms with Crippen LogP contribution in [0.5, 0.6) is 0 Å². The van der Waals surface area contributed by atoms with E-state index in [-0.39, 0.29) is 22.3 Å². The van der Waals surface area contributed by atoms with Crippen LogP contribution in [0.15, 0.2) is 102 Å². The van der Waals surface area contributed by atoms with Crippen LogP contribution in [0, 0.1) is 0 Å². The predicted octanol–water partition coefficient (Wildman–Crippen LogP) is 5.88. The molecule has 0 saturated carbocycles. The van der Waals surface area contributed by atoms with E-state index in [2.05, 4.69) is 22.9 Å². The number of nitrogens with zero attached hydrogens (tertiary/aromatic N) is 1. The van der Waals surface area contributed by atoms with Crippen LogP contribution in [0.25, 0.3) is 0 Å². The summed E-state index contributed by atoms with van der Waals surface area (Å²) in [6.07, 6.45) is 2.41. The Labute approximate surface area is 194 Å². The molecule has 0 saturated heterocycles. The number of halogens is 1. The zero-order chi connectivity index (χ0) is 22.7. The first-order chi connectivity index (χ1) is 15.4. The second-order valence-corrected chi connectivity index (χ2v) is 9.86. The van der Waals surface area contributed by atoms with Gasteiger partial charge in [0.2, 0.25) is 14.9 Å². The fourth-order valence-corrected chi connectivity index (χ4v) is 4.63. The quantitative estimate of drug-likeness (QED) is 0.308. The van der Waals surface area contributed by atoms with Gasteiger partial charge in [0, 0.05) is 10.2 Å². The first kappa shape index (κ1) is 22.1. The smallest absolute Gasteiger partial charge is 0.294 e. The molecule has 0 radical (unpaired) electrons.